The van der Waals surface area contributed by atoms with E-state index in [1.54, 1.807) is 11.3 Å². The number of aliphatic imine (C=N–C) groups is 1. The minimum atomic E-state index is -0.240. The molecule has 1 amide bonds. The number of aryl methyl sites for hydroxylation is 1. The van der Waals surface area contributed by atoms with Crippen LogP contribution < -0.4 is 16.0 Å². The normalized spacial score (nSPS) is 11.6. The average molecular weight is 453 g/mol. The third-order valence-electron chi connectivity index (χ3n) is 2.60. The number of carbonyl (C=O) groups excluding carboxylic acids is 1. The van der Waals surface area contributed by atoms with Crippen molar-refractivity contribution in [3.05, 3.63) is 16.1 Å². The van der Waals surface area contributed by atoms with E-state index in [-0.39, 0.29) is 42.0 Å². The molecule has 0 aliphatic carbocycles. The van der Waals surface area contributed by atoms with Gasteiger partial charge in [0.2, 0.25) is 5.91 Å². The van der Waals surface area contributed by atoms with Gasteiger partial charge in [-0.25, -0.2) is 9.98 Å². The molecule has 0 bridgehead atoms. The van der Waals surface area contributed by atoms with Crippen LogP contribution in [0.1, 0.15) is 44.5 Å². The van der Waals surface area contributed by atoms with Gasteiger partial charge in [0.15, 0.2) is 5.96 Å². The van der Waals surface area contributed by atoms with Gasteiger partial charge in [-0.2, -0.15) is 0 Å². The zero-order chi connectivity index (χ0) is 16.6. The van der Waals surface area contributed by atoms with Crippen molar-refractivity contribution in [1.29, 1.82) is 0 Å². The highest BCUT2D eigenvalue weighted by Crippen LogP contribution is 2.12. The van der Waals surface area contributed by atoms with E-state index < -0.39 is 0 Å². The third kappa shape index (κ3) is 9.75. The lowest BCUT2D eigenvalue weighted by atomic mass is 10.1. The number of hydrogen-bond donors (Lipinski definition) is 3. The molecule has 0 saturated carbocycles. The highest BCUT2D eigenvalue weighted by molar-refractivity contribution is 14.0. The summed E-state index contributed by atoms with van der Waals surface area (Å²) in [5.74, 6) is 0.534. The van der Waals surface area contributed by atoms with Crippen LogP contribution in [0, 0.1) is 0 Å². The fourth-order valence-electron chi connectivity index (χ4n) is 1.70. The zero-order valence-electron chi connectivity index (χ0n) is 14.5. The number of halogens is 1. The van der Waals surface area contributed by atoms with Gasteiger partial charge in [0.25, 0.3) is 0 Å². The molecule has 3 N–H and O–H groups in total. The molecule has 1 heterocycles. The molecule has 132 valence electrons. The summed E-state index contributed by atoms with van der Waals surface area (Å²) < 4.78 is 0. The number of guanidine groups is 1. The minimum Gasteiger partial charge on any atom is -0.357 e. The monoisotopic (exact) mass is 453 g/mol. The average Bonchev–Trinajstić information content (AvgIpc) is 2.88. The van der Waals surface area contributed by atoms with E-state index in [4.69, 9.17) is 0 Å². The summed E-state index contributed by atoms with van der Waals surface area (Å²) >= 11 is 1.69. The molecule has 0 fully saturated rings. The van der Waals surface area contributed by atoms with Gasteiger partial charge < -0.3 is 16.0 Å². The molecule has 1 aromatic heterocycles. The Morgan fingerprint density at radius 2 is 2.00 bits per heavy atom. The summed E-state index contributed by atoms with van der Waals surface area (Å²) in [5.41, 5.74) is -0.240. The second-order valence-corrected chi connectivity index (χ2v) is 7.12. The molecule has 8 heteroatoms. The number of hydrogen-bond acceptors (Lipinski definition) is 4. The van der Waals surface area contributed by atoms with E-state index in [2.05, 4.69) is 32.9 Å². The number of amides is 1. The third-order valence-corrected chi connectivity index (χ3v) is 3.74. The number of nitrogens with zero attached hydrogens (tertiary/aromatic N) is 2. The topological polar surface area (TPSA) is 78.4 Å². The largest absolute Gasteiger partial charge is 0.357 e. The van der Waals surface area contributed by atoms with Crippen LogP contribution in [-0.4, -0.2) is 35.5 Å². The summed E-state index contributed by atoms with van der Waals surface area (Å²) in [7, 11) is 0. The van der Waals surface area contributed by atoms with Crippen LogP contribution in [0.4, 0.5) is 0 Å². The Balaban J connectivity index is 0.00000484. The highest BCUT2D eigenvalue weighted by atomic mass is 127. The molecule has 1 rings (SSSR count). The predicted molar refractivity (Wildman–Crippen MR) is 108 cm³/mol. The second kappa shape index (κ2) is 10.8. The number of thiazole rings is 1. The van der Waals surface area contributed by atoms with Crippen molar-refractivity contribution in [3.63, 3.8) is 0 Å². The van der Waals surface area contributed by atoms with Gasteiger partial charge in [-0.3, -0.25) is 4.79 Å². The van der Waals surface area contributed by atoms with Crippen LogP contribution in [0.3, 0.4) is 0 Å². The SMILES string of the molecule is CCNC(=NCC(=O)NC(C)(C)C)NCc1ncc(CC)s1.I. The highest BCUT2D eigenvalue weighted by Gasteiger charge is 2.13. The molecule has 0 radical (unpaired) electrons. The van der Waals surface area contributed by atoms with Gasteiger partial charge in [0.05, 0.1) is 6.54 Å². The first-order chi connectivity index (χ1) is 10.3. The molecule has 1 aromatic rings. The first kappa shape index (κ1) is 22.1. The Labute approximate surface area is 160 Å². The fraction of sp³-hybridized carbons (Fsp3) is 0.667. The molecule has 0 aliphatic rings. The van der Waals surface area contributed by atoms with E-state index in [0.29, 0.717) is 12.5 Å². The lowest BCUT2D eigenvalue weighted by Crippen LogP contribution is -2.43. The van der Waals surface area contributed by atoms with Gasteiger partial charge in [0.1, 0.15) is 11.6 Å². The molecular formula is C15H28IN5OS. The van der Waals surface area contributed by atoms with Gasteiger partial charge >= 0.3 is 0 Å². The minimum absolute atomic E-state index is 0. The van der Waals surface area contributed by atoms with E-state index >= 15 is 0 Å². The molecule has 0 aromatic carbocycles. The maximum absolute atomic E-state index is 11.8. The molecule has 6 nitrogen and oxygen atoms in total. The van der Waals surface area contributed by atoms with E-state index in [0.717, 1.165) is 18.0 Å². The summed E-state index contributed by atoms with van der Waals surface area (Å²) in [4.78, 5) is 21.7. The van der Waals surface area contributed by atoms with Crippen molar-refractivity contribution in [2.24, 2.45) is 4.99 Å². The van der Waals surface area contributed by atoms with Crippen LogP contribution in [0.15, 0.2) is 11.2 Å². The molecule has 23 heavy (non-hydrogen) atoms. The zero-order valence-corrected chi connectivity index (χ0v) is 17.7. The van der Waals surface area contributed by atoms with Crippen molar-refractivity contribution in [2.75, 3.05) is 13.1 Å². The van der Waals surface area contributed by atoms with Gasteiger partial charge in [-0.05, 0) is 34.1 Å². The maximum atomic E-state index is 11.8. The van der Waals surface area contributed by atoms with Crippen molar-refractivity contribution in [2.45, 2.75) is 53.1 Å². The van der Waals surface area contributed by atoms with E-state index in [1.165, 1.54) is 4.88 Å². The molecule has 0 saturated heterocycles. The summed E-state index contributed by atoms with van der Waals surface area (Å²) in [6.07, 6.45) is 2.90. The lowest BCUT2D eigenvalue weighted by Gasteiger charge is -2.20. The maximum Gasteiger partial charge on any atom is 0.242 e. The standard InChI is InChI=1S/C15H27N5OS.HI/c1-6-11-8-17-13(22-11)10-19-14(16-7-2)18-9-12(21)20-15(3,4)5;/h8H,6-7,9-10H2,1-5H3,(H,20,21)(H2,16,18,19);1H. The Kier molecular flexibility index (Phi) is 10.4. The molecule has 0 aliphatic heterocycles. The fourth-order valence-corrected chi connectivity index (χ4v) is 2.51. The molecule has 0 atom stereocenters. The van der Waals surface area contributed by atoms with Crippen molar-refractivity contribution in [1.82, 2.24) is 20.9 Å². The van der Waals surface area contributed by atoms with Gasteiger partial charge in [-0.1, -0.05) is 6.92 Å². The van der Waals surface area contributed by atoms with Crippen LogP contribution >= 0.6 is 35.3 Å². The Hall–Kier alpha value is -0.900. The Bertz CT molecular complexity index is 510. The van der Waals surface area contributed by atoms with Crippen LogP contribution in [0.2, 0.25) is 0 Å². The molecule has 0 unspecified atom stereocenters. The first-order valence-electron chi connectivity index (χ1n) is 7.60. The first-order valence-corrected chi connectivity index (χ1v) is 8.42. The predicted octanol–water partition coefficient (Wildman–Crippen LogP) is 2.29. The van der Waals surface area contributed by atoms with E-state index in [1.807, 2.05) is 33.9 Å². The molecule has 0 spiro atoms. The number of carbonyl (C=O) groups is 1. The summed E-state index contributed by atoms with van der Waals surface area (Å²) in [5, 5.41) is 10.2. The van der Waals surface area contributed by atoms with Crippen molar-refractivity contribution < 1.29 is 4.79 Å². The number of nitrogens with one attached hydrogen (secondary N) is 3. The van der Waals surface area contributed by atoms with Crippen LogP contribution in [0.25, 0.3) is 0 Å². The quantitative estimate of drug-likeness (QED) is 0.351. The van der Waals surface area contributed by atoms with Gasteiger partial charge in [0, 0.05) is 23.2 Å². The smallest absolute Gasteiger partial charge is 0.242 e. The second-order valence-electron chi connectivity index (χ2n) is 5.92. The van der Waals surface area contributed by atoms with Crippen molar-refractivity contribution in [3.8, 4) is 0 Å². The van der Waals surface area contributed by atoms with Crippen LogP contribution in [-0.2, 0) is 17.8 Å². The Morgan fingerprint density at radius 1 is 1.30 bits per heavy atom. The number of rotatable bonds is 6. The molecular weight excluding hydrogens is 425 g/mol. The Morgan fingerprint density at radius 3 is 2.52 bits per heavy atom. The lowest BCUT2D eigenvalue weighted by molar-refractivity contribution is -0.121. The van der Waals surface area contributed by atoms with Gasteiger partial charge in [-0.15, -0.1) is 35.3 Å². The number of aromatic nitrogens is 1. The van der Waals surface area contributed by atoms with Crippen molar-refractivity contribution >= 4 is 47.2 Å². The summed E-state index contributed by atoms with van der Waals surface area (Å²) in [6, 6.07) is 0. The van der Waals surface area contributed by atoms with E-state index in [9.17, 15) is 4.79 Å². The summed E-state index contributed by atoms with van der Waals surface area (Å²) in [6.45, 7) is 11.4. The van der Waals surface area contributed by atoms with Crippen LogP contribution in [0.5, 0.6) is 0 Å².